The van der Waals surface area contributed by atoms with Crippen LogP contribution in [0.5, 0.6) is 0 Å². The molecule has 1 aromatic carbocycles. The fourth-order valence-corrected chi connectivity index (χ4v) is 2.89. The Hall–Kier alpha value is -1.93. The van der Waals surface area contributed by atoms with Gasteiger partial charge in [-0.3, -0.25) is 4.79 Å². The first kappa shape index (κ1) is 15.5. The highest BCUT2D eigenvalue weighted by Gasteiger charge is 2.37. The molecule has 2 rings (SSSR count). The number of amides is 1. The number of carbonyl (C=O) groups is 2. The number of sulfonamides is 1. The SMILES string of the molecule is COC(=O)c1ccccc1NC(=O)C1CN(S(C)(=O)=O)C1. The number of methoxy groups -OCH3 is 1. The number of carbonyl (C=O) groups excluding carboxylic acids is 2. The molecule has 0 unspecified atom stereocenters. The Morgan fingerprint density at radius 2 is 1.90 bits per heavy atom. The van der Waals surface area contributed by atoms with E-state index >= 15 is 0 Å². The average Bonchev–Trinajstić information content (AvgIpc) is 2.35. The number of hydrogen-bond acceptors (Lipinski definition) is 5. The molecule has 8 heteroatoms. The number of nitrogens with zero attached hydrogens (tertiary/aromatic N) is 1. The maximum absolute atomic E-state index is 12.0. The molecule has 1 amide bonds. The van der Waals surface area contributed by atoms with Crippen molar-refractivity contribution in [3.8, 4) is 0 Å². The van der Waals surface area contributed by atoms with Crippen LogP contribution in [0.25, 0.3) is 0 Å². The van der Waals surface area contributed by atoms with Gasteiger partial charge in [-0.15, -0.1) is 0 Å². The largest absolute Gasteiger partial charge is 0.465 e. The van der Waals surface area contributed by atoms with Crippen molar-refractivity contribution in [3.05, 3.63) is 29.8 Å². The molecule has 21 heavy (non-hydrogen) atoms. The molecule has 1 aliphatic heterocycles. The second-order valence-electron chi connectivity index (χ2n) is 4.80. The van der Waals surface area contributed by atoms with E-state index in [1.165, 1.54) is 11.4 Å². The van der Waals surface area contributed by atoms with Gasteiger partial charge in [-0.05, 0) is 12.1 Å². The van der Waals surface area contributed by atoms with Crippen molar-refractivity contribution in [3.63, 3.8) is 0 Å². The molecule has 0 saturated carbocycles. The molecule has 114 valence electrons. The van der Waals surface area contributed by atoms with E-state index in [-0.39, 0.29) is 24.6 Å². The van der Waals surface area contributed by atoms with Crippen LogP contribution >= 0.6 is 0 Å². The maximum Gasteiger partial charge on any atom is 0.339 e. The summed E-state index contributed by atoms with van der Waals surface area (Å²) in [5.74, 6) is -1.27. The van der Waals surface area contributed by atoms with Crippen LogP contribution in [0.4, 0.5) is 5.69 Å². The molecule has 0 bridgehead atoms. The van der Waals surface area contributed by atoms with Gasteiger partial charge in [0.1, 0.15) is 0 Å². The van der Waals surface area contributed by atoms with E-state index in [1.54, 1.807) is 24.3 Å². The number of ether oxygens (including phenoxy) is 1. The van der Waals surface area contributed by atoms with Crippen LogP contribution in [-0.2, 0) is 19.6 Å². The lowest BCUT2D eigenvalue weighted by Gasteiger charge is -2.36. The van der Waals surface area contributed by atoms with Crippen LogP contribution in [0.2, 0.25) is 0 Å². The minimum absolute atomic E-state index is 0.158. The van der Waals surface area contributed by atoms with Gasteiger partial charge in [0.25, 0.3) is 0 Å². The fraction of sp³-hybridized carbons (Fsp3) is 0.385. The van der Waals surface area contributed by atoms with Gasteiger partial charge in [0.2, 0.25) is 15.9 Å². The number of para-hydroxylation sites is 1. The number of anilines is 1. The average molecular weight is 312 g/mol. The van der Waals surface area contributed by atoms with Crippen LogP contribution in [-0.4, -0.2) is 51.1 Å². The number of rotatable bonds is 4. The van der Waals surface area contributed by atoms with Crippen molar-refractivity contribution in [2.75, 3.05) is 31.8 Å². The number of hydrogen-bond donors (Lipinski definition) is 1. The summed E-state index contributed by atoms with van der Waals surface area (Å²) in [6.45, 7) is 0.316. The van der Waals surface area contributed by atoms with Gasteiger partial charge < -0.3 is 10.1 Å². The highest BCUT2D eigenvalue weighted by Crippen LogP contribution is 2.22. The van der Waals surface area contributed by atoms with Gasteiger partial charge in [-0.25, -0.2) is 17.5 Å². The van der Waals surface area contributed by atoms with E-state index < -0.39 is 21.9 Å². The summed E-state index contributed by atoms with van der Waals surface area (Å²) < 4.78 is 28.4. The van der Waals surface area contributed by atoms with Gasteiger partial charge >= 0.3 is 5.97 Å². The molecule has 0 aromatic heterocycles. The maximum atomic E-state index is 12.0. The second-order valence-corrected chi connectivity index (χ2v) is 6.79. The van der Waals surface area contributed by atoms with Gasteiger partial charge in [0.15, 0.2) is 0 Å². The normalized spacial score (nSPS) is 16.1. The zero-order valence-corrected chi connectivity index (χ0v) is 12.5. The molecule has 0 spiro atoms. The molecule has 1 aliphatic rings. The third-order valence-corrected chi connectivity index (χ3v) is 4.51. The molecule has 7 nitrogen and oxygen atoms in total. The van der Waals surface area contributed by atoms with E-state index in [9.17, 15) is 18.0 Å². The highest BCUT2D eigenvalue weighted by atomic mass is 32.2. The van der Waals surface area contributed by atoms with Crippen molar-refractivity contribution in [2.24, 2.45) is 5.92 Å². The topological polar surface area (TPSA) is 92.8 Å². The minimum Gasteiger partial charge on any atom is -0.465 e. The summed E-state index contributed by atoms with van der Waals surface area (Å²) in [4.78, 5) is 23.6. The van der Waals surface area contributed by atoms with Crippen molar-refractivity contribution in [2.45, 2.75) is 0 Å². The first-order valence-electron chi connectivity index (χ1n) is 6.26. The van der Waals surface area contributed by atoms with Crippen molar-refractivity contribution < 1.29 is 22.7 Å². The summed E-state index contributed by atoms with van der Waals surface area (Å²) in [7, 11) is -1.99. The Kier molecular flexibility index (Phi) is 4.29. The lowest BCUT2D eigenvalue weighted by Crippen LogP contribution is -2.53. The van der Waals surface area contributed by atoms with Crippen molar-refractivity contribution in [1.29, 1.82) is 0 Å². The standard InChI is InChI=1S/C13H16N2O5S/c1-20-13(17)10-5-3-4-6-11(10)14-12(16)9-7-15(8-9)21(2,18)19/h3-6,9H,7-8H2,1-2H3,(H,14,16). The van der Waals surface area contributed by atoms with E-state index in [1.807, 2.05) is 0 Å². The zero-order valence-electron chi connectivity index (χ0n) is 11.7. The molecule has 1 saturated heterocycles. The lowest BCUT2D eigenvalue weighted by molar-refractivity contribution is -0.122. The monoisotopic (exact) mass is 312 g/mol. The summed E-state index contributed by atoms with van der Waals surface area (Å²) in [5, 5.41) is 2.64. The van der Waals surface area contributed by atoms with Gasteiger partial charge in [-0.2, -0.15) is 0 Å². The molecule has 1 heterocycles. The quantitative estimate of drug-likeness (QED) is 0.807. The summed E-state index contributed by atoms with van der Waals surface area (Å²) >= 11 is 0. The van der Waals surface area contributed by atoms with Gasteiger partial charge in [0, 0.05) is 13.1 Å². The summed E-state index contributed by atoms with van der Waals surface area (Å²) in [6.07, 6.45) is 1.10. The molecule has 0 radical (unpaired) electrons. The van der Waals surface area contributed by atoms with Crippen LogP contribution < -0.4 is 5.32 Å². The third-order valence-electron chi connectivity index (χ3n) is 3.28. The summed E-state index contributed by atoms with van der Waals surface area (Å²) in [6, 6.07) is 6.49. The summed E-state index contributed by atoms with van der Waals surface area (Å²) in [5.41, 5.74) is 0.611. The highest BCUT2D eigenvalue weighted by molar-refractivity contribution is 7.88. The Bertz CT molecular complexity index is 665. The van der Waals surface area contributed by atoms with Crippen LogP contribution in [0.3, 0.4) is 0 Å². The number of esters is 1. The number of nitrogens with one attached hydrogen (secondary N) is 1. The van der Waals surface area contributed by atoms with Crippen LogP contribution in [0, 0.1) is 5.92 Å². The molecule has 1 fully saturated rings. The number of benzene rings is 1. The molecular formula is C13H16N2O5S. The third kappa shape index (κ3) is 3.40. The second kappa shape index (κ2) is 5.82. The van der Waals surface area contributed by atoms with Gasteiger partial charge in [0.05, 0.1) is 30.5 Å². The molecule has 0 atom stereocenters. The van der Waals surface area contributed by atoms with Gasteiger partial charge in [-0.1, -0.05) is 12.1 Å². The van der Waals surface area contributed by atoms with Crippen molar-refractivity contribution >= 4 is 27.6 Å². The van der Waals surface area contributed by atoms with Crippen LogP contribution in [0.1, 0.15) is 10.4 Å². The zero-order chi connectivity index (χ0) is 15.6. The Balaban J connectivity index is 2.04. The van der Waals surface area contributed by atoms with Crippen LogP contribution in [0.15, 0.2) is 24.3 Å². The predicted molar refractivity (Wildman–Crippen MR) is 76.3 cm³/mol. The first-order valence-corrected chi connectivity index (χ1v) is 8.11. The molecule has 1 N–H and O–H groups in total. The van der Waals surface area contributed by atoms with E-state index in [0.29, 0.717) is 5.69 Å². The Labute approximate surface area is 122 Å². The van der Waals surface area contributed by atoms with Crippen molar-refractivity contribution in [1.82, 2.24) is 4.31 Å². The van der Waals surface area contributed by atoms with E-state index in [0.717, 1.165) is 6.26 Å². The Morgan fingerprint density at radius 1 is 1.29 bits per heavy atom. The minimum atomic E-state index is -3.25. The molecular weight excluding hydrogens is 296 g/mol. The Morgan fingerprint density at radius 3 is 2.48 bits per heavy atom. The van der Waals surface area contributed by atoms with E-state index in [2.05, 4.69) is 10.1 Å². The molecule has 1 aromatic rings. The first-order chi connectivity index (χ1) is 9.82. The lowest BCUT2D eigenvalue weighted by atomic mass is 10.0. The smallest absolute Gasteiger partial charge is 0.339 e. The predicted octanol–water partition coefficient (Wildman–Crippen LogP) is 0.303. The molecule has 0 aliphatic carbocycles. The fourth-order valence-electron chi connectivity index (χ4n) is 1.99. The van der Waals surface area contributed by atoms with E-state index in [4.69, 9.17) is 0 Å².